The molecule has 0 fully saturated rings. The fraction of sp³-hybridized carbons (Fsp3) is 0.500. The van der Waals surface area contributed by atoms with Crippen LogP contribution in [-0.2, 0) is 0 Å². The Labute approximate surface area is 111 Å². The van der Waals surface area contributed by atoms with Gasteiger partial charge in [0, 0.05) is 20.3 Å². The molecule has 2 aromatic heterocycles. The van der Waals surface area contributed by atoms with Crippen molar-refractivity contribution in [3.05, 3.63) is 23.4 Å². The summed E-state index contributed by atoms with van der Waals surface area (Å²) in [5.74, 6) is 0.674. The maximum atomic E-state index is 5.26. The zero-order chi connectivity index (χ0) is 12.3. The predicted octanol–water partition coefficient (Wildman–Crippen LogP) is 5.47. The number of hydrogen-bond donors (Lipinski definition) is 0. The van der Waals surface area contributed by atoms with Crippen LogP contribution in [0.5, 0.6) is 5.06 Å². The van der Waals surface area contributed by atoms with Crippen LogP contribution in [0.2, 0.25) is 0 Å². The Morgan fingerprint density at radius 2 is 2.06 bits per heavy atom. The Morgan fingerprint density at radius 1 is 1.29 bits per heavy atom. The SMILES string of the molecule is CC[CH]CCC(C)c1cc2sc(OC)cc2s1. The molecule has 93 valence electrons. The third kappa shape index (κ3) is 3.02. The van der Waals surface area contributed by atoms with Gasteiger partial charge in [0.2, 0.25) is 0 Å². The van der Waals surface area contributed by atoms with Gasteiger partial charge in [-0.3, -0.25) is 0 Å². The lowest BCUT2D eigenvalue weighted by molar-refractivity contribution is 0.427. The van der Waals surface area contributed by atoms with Crippen LogP contribution in [0.1, 0.15) is 43.9 Å². The van der Waals surface area contributed by atoms with Crippen molar-refractivity contribution in [2.45, 2.75) is 39.0 Å². The molecule has 2 rings (SSSR count). The number of rotatable bonds is 6. The van der Waals surface area contributed by atoms with Crippen LogP contribution in [0.25, 0.3) is 9.40 Å². The van der Waals surface area contributed by atoms with E-state index in [1.165, 1.54) is 33.5 Å². The number of fused-ring (bicyclic) bond motifs is 1. The summed E-state index contributed by atoms with van der Waals surface area (Å²) in [7, 11) is 1.74. The zero-order valence-corrected chi connectivity index (χ0v) is 12.3. The fourth-order valence-corrected chi connectivity index (χ4v) is 4.19. The second-order valence-electron chi connectivity index (χ2n) is 4.32. The van der Waals surface area contributed by atoms with Gasteiger partial charge in [0.05, 0.1) is 7.11 Å². The summed E-state index contributed by atoms with van der Waals surface area (Å²) in [6.07, 6.45) is 6.05. The van der Waals surface area contributed by atoms with Gasteiger partial charge in [-0.05, 0) is 31.2 Å². The predicted molar refractivity (Wildman–Crippen MR) is 78.5 cm³/mol. The lowest BCUT2D eigenvalue weighted by atomic mass is 10.0. The molecule has 0 aliphatic heterocycles. The molecule has 0 amide bonds. The minimum Gasteiger partial charge on any atom is -0.487 e. The molecule has 17 heavy (non-hydrogen) atoms. The molecule has 0 aliphatic rings. The molecular formula is C14H19OS2. The van der Waals surface area contributed by atoms with E-state index < -0.39 is 0 Å². The Morgan fingerprint density at radius 3 is 2.71 bits per heavy atom. The molecule has 0 spiro atoms. The van der Waals surface area contributed by atoms with Gasteiger partial charge in [0.1, 0.15) is 0 Å². The Bertz CT molecular complexity index is 438. The van der Waals surface area contributed by atoms with E-state index in [1.54, 1.807) is 18.4 Å². The second-order valence-corrected chi connectivity index (χ2v) is 6.48. The minimum absolute atomic E-state index is 0.674. The molecule has 1 atom stereocenters. The van der Waals surface area contributed by atoms with E-state index in [2.05, 4.69) is 32.4 Å². The number of hydrogen-bond acceptors (Lipinski definition) is 3. The normalized spacial score (nSPS) is 13.1. The van der Waals surface area contributed by atoms with Crippen LogP contribution in [0, 0.1) is 6.42 Å². The second kappa shape index (κ2) is 5.87. The van der Waals surface area contributed by atoms with E-state index in [9.17, 15) is 0 Å². The van der Waals surface area contributed by atoms with Gasteiger partial charge >= 0.3 is 0 Å². The molecule has 0 aromatic carbocycles. The van der Waals surface area contributed by atoms with Crippen molar-refractivity contribution >= 4 is 32.1 Å². The Balaban J connectivity index is 2.05. The van der Waals surface area contributed by atoms with E-state index in [0.29, 0.717) is 5.92 Å². The van der Waals surface area contributed by atoms with E-state index in [1.807, 2.05) is 11.3 Å². The van der Waals surface area contributed by atoms with Crippen molar-refractivity contribution in [1.82, 2.24) is 0 Å². The van der Waals surface area contributed by atoms with Gasteiger partial charge in [0.25, 0.3) is 0 Å². The molecular weight excluding hydrogens is 248 g/mol. The van der Waals surface area contributed by atoms with Crippen molar-refractivity contribution in [3.8, 4) is 5.06 Å². The van der Waals surface area contributed by atoms with Crippen LogP contribution in [0.3, 0.4) is 0 Å². The summed E-state index contributed by atoms with van der Waals surface area (Å²) in [4.78, 5) is 1.51. The smallest absolute Gasteiger partial charge is 0.175 e. The van der Waals surface area contributed by atoms with Gasteiger partial charge in [0.15, 0.2) is 5.06 Å². The lowest BCUT2D eigenvalue weighted by Gasteiger charge is -2.07. The van der Waals surface area contributed by atoms with Crippen LogP contribution < -0.4 is 4.74 Å². The van der Waals surface area contributed by atoms with E-state index in [4.69, 9.17) is 4.74 Å². The van der Waals surface area contributed by atoms with Gasteiger partial charge in [-0.25, -0.2) is 0 Å². The number of methoxy groups -OCH3 is 1. The molecule has 0 N–H and O–H groups in total. The molecule has 1 radical (unpaired) electrons. The molecule has 1 unspecified atom stereocenters. The summed E-state index contributed by atoms with van der Waals surface area (Å²) in [6, 6.07) is 4.49. The zero-order valence-electron chi connectivity index (χ0n) is 10.7. The molecule has 3 heteroatoms. The number of ether oxygens (including phenoxy) is 1. The van der Waals surface area contributed by atoms with Crippen LogP contribution in [0.4, 0.5) is 0 Å². The maximum absolute atomic E-state index is 5.26. The van der Waals surface area contributed by atoms with E-state index in [-0.39, 0.29) is 0 Å². The number of unbranched alkanes of at least 4 members (excludes halogenated alkanes) is 2. The van der Waals surface area contributed by atoms with E-state index in [0.717, 1.165) is 5.06 Å². The van der Waals surface area contributed by atoms with Crippen molar-refractivity contribution < 1.29 is 4.74 Å². The monoisotopic (exact) mass is 267 g/mol. The first-order valence-corrected chi connectivity index (χ1v) is 7.76. The molecule has 0 saturated heterocycles. The van der Waals surface area contributed by atoms with Crippen LogP contribution in [-0.4, -0.2) is 7.11 Å². The summed E-state index contributed by atoms with van der Waals surface area (Å²) in [5.41, 5.74) is 0. The molecule has 0 aliphatic carbocycles. The minimum atomic E-state index is 0.674. The van der Waals surface area contributed by atoms with E-state index >= 15 is 0 Å². The molecule has 1 nitrogen and oxygen atoms in total. The highest BCUT2D eigenvalue weighted by atomic mass is 32.1. The molecule has 0 saturated carbocycles. The van der Waals surface area contributed by atoms with Crippen molar-refractivity contribution in [2.75, 3.05) is 7.11 Å². The first-order valence-electron chi connectivity index (χ1n) is 6.13. The fourth-order valence-electron chi connectivity index (χ4n) is 1.89. The highest BCUT2D eigenvalue weighted by Gasteiger charge is 2.12. The summed E-state index contributed by atoms with van der Waals surface area (Å²) >= 11 is 3.66. The molecule has 2 heterocycles. The quantitative estimate of drug-likeness (QED) is 0.631. The Kier molecular flexibility index (Phi) is 4.46. The average molecular weight is 267 g/mol. The van der Waals surface area contributed by atoms with Crippen molar-refractivity contribution in [1.29, 1.82) is 0 Å². The summed E-state index contributed by atoms with van der Waals surface area (Å²) < 4.78 is 7.99. The van der Waals surface area contributed by atoms with Gasteiger partial charge < -0.3 is 4.74 Å². The van der Waals surface area contributed by atoms with Crippen molar-refractivity contribution in [2.24, 2.45) is 0 Å². The highest BCUT2D eigenvalue weighted by Crippen LogP contribution is 2.40. The summed E-state index contributed by atoms with van der Waals surface area (Å²) in [6.45, 7) is 4.54. The maximum Gasteiger partial charge on any atom is 0.175 e. The average Bonchev–Trinajstić information content (AvgIpc) is 2.86. The van der Waals surface area contributed by atoms with Gasteiger partial charge in [-0.15, -0.1) is 11.3 Å². The molecule has 0 bridgehead atoms. The number of thiophene rings is 2. The first-order chi connectivity index (χ1) is 8.24. The van der Waals surface area contributed by atoms with Crippen LogP contribution in [0.15, 0.2) is 12.1 Å². The third-order valence-electron chi connectivity index (χ3n) is 2.98. The Hall–Kier alpha value is -0.540. The van der Waals surface area contributed by atoms with Crippen LogP contribution >= 0.6 is 22.7 Å². The standard InChI is InChI=1S/C14H19OS2/c1-4-5-6-7-10(2)11-8-12-13(16-11)9-14(15-3)17-12/h5,8-10H,4,6-7H2,1-3H3. The molecule has 2 aromatic rings. The van der Waals surface area contributed by atoms with Gasteiger partial charge in [-0.1, -0.05) is 31.6 Å². The third-order valence-corrected chi connectivity index (χ3v) is 5.47. The highest BCUT2D eigenvalue weighted by molar-refractivity contribution is 7.28. The lowest BCUT2D eigenvalue weighted by Crippen LogP contribution is -1.89. The van der Waals surface area contributed by atoms with Gasteiger partial charge in [-0.2, -0.15) is 0 Å². The summed E-state index contributed by atoms with van der Waals surface area (Å²) in [5, 5.41) is 1.02. The first kappa shape index (κ1) is 12.9. The topological polar surface area (TPSA) is 9.23 Å². The largest absolute Gasteiger partial charge is 0.487 e. The van der Waals surface area contributed by atoms with Crippen molar-refractivity contribution in [3.63, 3.8) is 0 Å².